The number of hydrogen-bond donors (Lipinski definition) is 2. The van der Waals surface area contributed by atoms with Crippen LogP contribution in [0.25, 0.3) is 0 Å². The van der Waals surface area contributed by atoms with Crippen LogP contribution in [-0.4, -0.2) is 48.6 Å². The number of likely N-dealkylation sites (tertiary alicyclic amines) is 1. The zero-order chi connectivity index (χ0) is 13.9. The van der Waals surface area contributed by atoms with E-state index in [1.54, 1.807) is 0 Å². The smallest absolute Gasteiger partial charge is 0.136 e. The molecular formula is C15H25N5. The molecule has 0 spiro atoms. The Kier molecular flexibility index (Phi) is 4.05. The Bertz CT molecular complexity index is 450. The molecule has 1 aromatic heterocycles. The summed E-state index contributed by atoms with van der Waals surface area (Å²) in [4.78, 5) is 11.6. The molecule has 1 aromatic rings. The summed E-state index contributed by atoms with van der Waals surface area (Å²) in [7, 11) is 4.12. The van der Waals surface area contributed by atoms with Crippen LogP contribution in [0.5, 0.6) is 0 Å². The molecule has 1 aliphatic carbocycles. The van der Waals surface area contributed by atoms with Gasteiger partial charge in [-0.2, -0.15) is 0 Å². The lowest BCUT2D eigenvalue weighted by Crippen LogP contribution is -2.33. The zero-order valence-electron chi connectivity index (χ0n) is 12.5. The van der Waals surface area contributed by atoms with Crippen LogP contribution in [0.1, 0.15) is 37.4 Å². The summed E-state index contributed by atoms with van der Waals surface area (Å²) >= 11 is 0. The Morgan fingerprint density at radius 1 is 1.15 bits per heavy atom. The largest absolute Gasteiger partial charge is 0.373 e. The van der Waals surface area contributed by atoms with E-state index in [0.29, 0.717) is 5.92 Å². The van der Waals surface area contributed by atoms with Gasteiger partial charge in [0, 0.05) is 25.6 Å². The zero-order valence-corrected chi connectivity index (χ0v) is 12.5. The van der Waals surface area contributed by atoms with Gasteiger partial charge in [0.25, 0.3) is 0 Å². The Hall–Kier alpha value is -1.36. The van der Waals surface area contributed by atoms with E-state index in [2.05, 4.69) is 32.5 Å². The first kappa shape index (κ1) is 13.6. The molecule has 20 heavy (non-hydrogen) atoms. The molecule has 0 amide bonds. The second kappa shape index (κ2) is 5.95. The van der Waals surface area contributed by atoms with Gasteiger partial charge in [-0.3, -0.25) is 0 Å². The van der Waals surface area contributed by atoms with Crippen molar-refractivity contribution in [3.63, 3.8) is 0 Å². The summed E-state index contributed by atoms with van der Waals surface area (Å²) in [6.07, 6.45) is 5.04. The predicted molar refractivity (Wildman–Crippen MR) is 82.3 cm³/mol. The van der Waals surface area contributed by atoms with Crippen molar-refractivity contribution in [2.24, 2.45) is 5.92 Å². The Morgan fingerprint density at radius 3 is 2.50 bits per heavy atom. The molecule has 0 bridgehead atoms. The van der Waals surface area contributed by atoms with Crippen LogP contribution in [0.4, 0.5) is 11.6 Å². The van der Waals surface area contributed by atoms with Gasteiger partial charge in [-0.05, 0) is 51.7 Å². The van der Waals surface area contributed by atoms with Gasteiger partial charge >= 0.3 is 0 Å². The summed E-state index contributed by atoms with van der Waals surface area (Å²) in [5.74, 6) is 4.26. The van der Waals surface area contributed by atoms with Gasteiger partial charge in [0.05, 0.1) is 0 Å². The van der Waals surface area contributed by atoms with E-state index in [9.17, 15) is 0 Å². The average Bonchev–Trinajstić information content (AvgIpc) is 3.31. The van der Waals surface area contributed by atoms with Crippen molar-refractivity contribution in [1.29, 1.82) is 0 Å². The maximum Gasteiger partial charge on any atom is 0.136 e. The lowest BCUT2D eigenvalue weighted by Gasteiger charge is -2.29. The third-order valence-corrected chi connectivity index (χ3v) is 4.35. The second-order valence-electron chi connectivity index (χ2n) is 6.15. The van der Waals surface area contributed by atoms with Gasteiger partial charge in [0.1, 0.15) is 17.5 Å². The van der Waals surface area contributed by atoms with Gasteiger partial charge in [0.2, 0.25) is 0 Å². The van der Waals surface area contributed by atoms with Crippen LogP contribution in [0, 0.1) is 5.92 Å². The topological polar surface area (TPSA) is 53.1 Å². The average molecular weight is 275 g/mol. The number of piperidine rings is 1. The first-order chi connectivity index (χ1) is 9.74. The standard InChI is InChI=1S/C15H25N5/c1-16-13-9-14(19-15(18-13)12-3-4-12)17-10-11-5-7-20(2)8-6-11/h9,11-12H,3-8,10H2,1-2H3,(H2,16,17,18,19). The summed E-state index contributed by atoms with van der Waals surface area (Å²) in [5, 5.41) is 6.65. The van der Waals surface area contributed by atoms with Crippen molar-refractivity contribution in [3.8, 4) is 0 Å². The summed E-state index contributed by atoms with van der Waals surface area (Å²) in [6.45, 7) is 3.45. The van der Waals surface area contributed by atoms with Gasteiger partial charge in [0.15, 0.2) is 0 Å². The molecule has 0 unspecified atom stereocenters. The van der Waals surface area contributed by atoms with Crippen LogP contribution < -0.4 is 10.6 Å². The van der Waals surface area contributed by atoms with Crippen LogP contribution in [-0.2, 0) is 0 Å². The molecule has 0 radical (unpaired) electrons. The molecule has 5 heteroatoms. The van der Waals surface area contributed by atoms with Crippen molar-refractivity contribution < 1.29 is 0 Å². The predicted octanol–water partition coefficient (Wildman–Crippen LogP) is 2.15. The van der Waals surface area contributed by atoms with Gasteiger partial charge < -0.3 is 15.5 Å². The fraction of sp³-hybridized carbons (Fsp3) is 0.733. The molecule has 5 nitrogen and oxygen atoms in total. The molecule has 1 saturated carbocycles. The van der Waals surface area contributed by atoms with E-state index in [1.165, 1.54) is 38.8 Å². The number of rotatable bonds is 5. The molecule has 110 valence electrons. The Labute approximate surface area is 121 Å². The second-order valence-corrected chi connectivity index (χ2v) is 6.15. The lowest BCUT2D eigenvalue weighted by molar-refractivity contribution is 0.226. The third-order valence-electron chi connectivity index (χ3n) is 4.35. The van der Waals surface area contributed by atoms with E-state index >= 15 is 0 Å². The number of hydrogen-bond acceptors (Lipinski definition) is 5. The van der Waals surface area contributed by atoms with E-state index in [1.807, 2.05) is 13.1 Å². The van der Waals surface area contributed by atoms with Crippen molar-refractivity contribution >= 4 is 11.6 Å². The number of aromatic nitrogens is 2. The van der Waals surface area contributed by atoms with Gasteiger partial charge in [-0.15, -0.1) is 0 Å². The third kappa shape index (κ3) is 3.39. The van der Waals surface area contributed by atoms with E-state index < -0.39 is 0 Å². The maximum atomic E-state index is 4.67. The summed E-state index contributed by atoms with van der Waals surface area (Å²) in [5.41, 5.74) is 0. The first-order valence-corrected chi connectivity index (χ1v) is 7.73. The molecular weight excluding hydrogens is 250 g/mol. The molecule has 0 atom stereocenters. The van der Waals surface area contributed by atoms with Crippen molar-refractivity contribution in [3.05, 3.63) is 11.9 Å². The minimum atomic E-state index is 0.590. The van der Waals surface area contributed by atoms with Crippen LogP contribution in [0.3, 0.4) is 0 Å². The molecule has 2 heterocycles. The number of anilines is 2. The van der Waals surface area contributed by atoms with Gasteiger partial charge in [-0.1, -0.05) is 0 Å². The van der Waals surface area contributed by atoms with E-state index in [-0.39, 0.29) is 0 Å². The Balaban J connectivity index is 1.60. The molecule has 1 aliphatic heterocycles. The maximum absolute atomic E-state index is 4.67. The fourth-order valence-electron chi connectivity index (χ4n) is 2.72. The highest BCUT2D eigenvalue weighted by atomic mass is 15.1. The monoisotopic (exact) mass is 275 g/mol. The molecule has 3 rings (SSSR count). The summed E-state index contributed by atoms with van der Waals surface area (Å²) < 4.78 is 0. The first-order valence-electron chi connectivity index (χ1n) is 7.73. The fourth-order valence-corrected chi connectivity index (χ4v) is 2.72. The summed E-state index contributed by atoms with van der Waals surface area (Å²) in [6, 6.07) is 2.01. The van der Waals surface area contributed by atoms with Crippen molar-refractivity contribution in [2.45, 2.75) is 31.6 Å². The Morgan fingerprint density at radius 2 is 1.85 bits per heavy atom. The highest BCUT2D eigenvalue weighted by molar-refractivity contribution is 5.47. The SMILES string of the molecule is CNc1cc(NCC2CCN(C)CC2)nc(C2CC2)n1. The molecule has 1 saturated heterocycles. The van der Waals surface area contributed by atoms with Crippen molar-refractivity contribution in [1.82, 2.24) is 14.9 Å². The highest BCUT2D eigenvalue weighted by Crippen LogP contribution is 2.38. The van der Waals surface area contributed by atoms with E-state index in [0.717, 1.165) is 29.9 Å². The van der Waals surface area contributed by atoms with Gasteiger partial charge in [-0.25, -0.2) is 9.97 Å². The molecule has 2 N–H and O–H groups in total. The number of nitrogens with one attached hydrogen (secondary N) is 2. The molecule has 2 aliphatic rings. The van der Waals surface area contributed by atoms with E-state index in [4.69, 9.17) is 0 Å². The minimum absolute atomic E-state index is 0.590. The normalized spacial score (nSPS) is 20.9. The van der Waals surface area contributed by atoms with Crippen LogP contribution >= 0.6 is 0 Å². The molecule has 0 aromatic carbocycles. The van der Waals surface area contributed by atoms with Crippen LogP contribution in [0.2, 0.25) is 0 Å². The number of nitrogens with zero attached hydrogens (tertiary/aromatic N) is 3. The minimum Gasteiger partial charge on any atom is -0.373 e. The van der Waals surface area contributed by atoms with Crippen LogP contribution in [0.15, 0.2) is 6.07 Å². The quantitative estimate of drug-likeness (QED) is 0.862. The highest BCUT2D eigenvalue weighted by Gasteiger charge is 2.27. The molecule has 2 fully saturated rings. The lowest BCUT2D eigenvalue weighted by atomic mass is 9.97. The van der Waals surface area contributed by atoms with Crippen molar-refractivity contribution in [2.75, 3.05) is 44.4 Å².